The molecular weight excluding hydrogens is 296 g/mol. The molecule has 1 saturated carbocycles. The molecule has 0 spiro atoms. The third-order valence-corrected chi connectivity index (χ3v) is 5.53. The van der Waals surface area contributed by atoms with E-state index in [1.807, 2.05) is 6.92 Å². The van der Waals surface area contributed by atoms with E-state index in [0.717, 1.165) is 18.7 Å². The van der Waals surface area contributed by atoms with Gasteiger partial charge in [-0.1, -0.05) is 57.7 Å². The largest absolute Gasteiger partial charge is 0.352 e. The number of nitrogens with one attached hydrogen (secondary N) is 2. The van der Waals surface area contributed by atoms with E-state index < -0.39 is 0 Å². The third-order valence-electron chi connectivity index (χ3n) is 4.12. The molecule has 1 heterocycles. The molecule has 1 amide bonds. The van der Waals surface area contributed by atoms with Gasteiger partial charge in [0.15, 0.2) is 0 Å². The van der Waals surface area contributed by atoms with Crippen molar-refractivity contribution in [1.29, 1.82) is 0 Å². The van der Waals surface area contributed by atoms with Crippen LogP contribution in [0.15, 0.2) is 5.16 Å². The van der Waals surface area contributed by atoms with Crippen molar-refractivity contribution in [1.82, 2.24) is 20.5 Å². The van der Waals surface area contributed by atoms with Gasteiger partial charge in [-0.25, -0.2) is 4.98 Å². The van der Waals surface area contributed by atoms with Crippen LogP contribution in [0, 0.1) is 12.8 Å². The highest BCUT2D eigenvalue weighted by atomic mass is 32.2. The predicted octanol–water partition coefficient (Wildman–Crippen LogP) is 3.46. The Morgan fingerprint density at radius 1 is 1.23 bits per heavy atom. The Labute approximate surface area is 137 Å². The zero-order valence-corrected chi connectivity index (χ0v) is 14.7. The number of H-pyrrole nitrogens is 1. The minimum absolute atomic E-state index is 0.132. The number of rotatable bonds is 5. The molecule has 0 aromatic carbocycles. The molecule has 22 heavy (non-hydrogen) atoms. The number of hydrogen-bond acceptors (Lipinski definition) is 4. The maximum atomic E-state index is 12.7. The molecule has 0 aliphatic heterocycles. The lowest BCUT2D eigenvalue weighted by atomic mass is 9.96. The van der Waals surface area contributed by atoms with Crippen molar-refractivity contribution < 1.29 is 4.79 Å². The molecule has 0 bridgehead atoms. The highest BCUT2D eigenvalue weighted by molar-refractivity contribution is 8.00. The summed E-state index contributed by atoms with van der Waals surface area (Å²) in [5.74, 6) is 1.16. The van der Waals surface area contributed by atoms with Crippen molar-refractivity contribution in [2.75, 3.05) is 0 Å². The molecular formula is C16H28N4OS. The first-order chi connectivity index (χ1) is 10.6. The average Bonchev–Trinajstić information content (AvgIpc) is 2.84. The zero-order chi connectivity index (χ0) is 15.9. The minimum atomic E-state index is -0.138. The molecule has 6 heteroatoms. The van der Waals surface area contributed by atoms with Gasteiger partial charge in [-0.2, -0.15) is 0 Å². The minimum Gasteiger partial charge on any atom is -0.352 e. The average molecular weight is 324 g/mol. The van der Waals surface area contributed by atoms with Gasteiger partial charge in [-0.3, -0.25) is 9.89 Å². The Bertz CT molecular complexity index is 466. The summed E-state index contributed by atoms with van der Waals surface area (Å²) in [4.78, 5) is 17.0. The molecule has 1 aromatic rings. The lowest BCUT2D eigenvalue weighted by Crippen LogP contribution is -2.42. The van der Waals surface area contributed by atoms with Crippen LogP contribution in [0.1, 0.15) is 64.6 Å². The normalized spacial score (nSPS) is 18.7. The van der Waals surface area contributed by atoms with E-state index in [-0.39, 0.29) is 17.1 Å². The highest BCUT2D eigenvalue weighted by Crippen LogP contribution is 2.26. The van der Waals surface area contributed by atoms with Crippen molar-refractivity contribution in [2.24, 2.45) is 5.92 Å². The summed E-state index contributed by atoms with van der Waals surface area (Å²) >= 11 is 1.46. The quantitative estimate of drug-likeness (QED) is 0.814. The fourth-order valence-corrected chi connectivity index (χ4v) is 3.83. The van der Waals surface area contributed by atoms with Crippen molar-refractivity contribution >= 4 is 17.7 Å². The van der Waals surface area contributed by atoms with Crippen molar-refractivity contribution in [3.05, 3.63) is 5.82 Å². The van der Waals surface area contributed by atoms with E-state index in [4.69, 9.17) is 0 Å². The standard InChI is InChI=1S/C16H28N4OS/c1-11(2)14(22-16-17-12(3)19-20-16)15(21)18-13-9-7-5-4-6-8-10-13/h11,13-14H,4-10H2,1-3H3,(H,18,21)(H,17,19,20). The molecule has 0 radical (unpaired) electrons. The van der Waals surface area contributed by atoms with Crippen molar-refractivity contribution in [2.45, 2.75) is 82.2 Å². The van der Waals surface area contributed by atoms with Crippen molar-refractivity contribution in [3.8, 4) is 0 Å². The Morgan fingerprint density at radius 3 is 2.41 bits per heavy atom. The highest BCUT2D eigenvalue weighted by Gasteiger charge is 2.27. The van der Waals surface area contributed by atoms with Crippen LogP contribution in [0.25, 0.3) is 0 Å². The summed E-state index contributed by atoms with van der Waals surface area (Å²) < 4.78 is 0. The molecule has 1 atom stereocenters. The van der Waals surface area contributed by atoms with E-state index in [1.165, 1.54) is 43.9 Å². The summed E-state index contributed by atoms with van der Waals surface area (Å²) in [6.45, 7) is 6.03. The second kappa shape index (κ2) is 8.56. The van der Waals surface area contributed by atoms with Gasteiger partial charge in [0, 0.05) is 6.04 Å². The predicted molar refractivity (Wildman–Crippen MR) is 89.9 cm³/mol. The number of aryl methyl sites for hydroxylation is 1. The summed E-state index contributed by atoms with van der Waals surface area (Å²) in [5.41, 5.74) is 0. The van der Waals surface area contributed by atoms with Crippen LogP contribution >= 0.6 is 11.8 Å². The Hall–Kier alpha value is -1.04. The van der Waals surface area contributed by atoms with Crippen molar-refractivity contribution in [3.63, 3.8) is 0 Å². The molecule has 2 rings (SSSR count). The van der Waals surface area contributed by atoms with E-state index in [1.54, 1.807) is 0 Å². The Morgan fingerprint density at radius 2 is 1.86 bits per heavy atom. The second-order valence-corrected chi connectivity index (χ2v) is 7.65. The number of amides is 1. The summed E-state index contributed by atoms with van der Waals surface area (Å²) in [6.07, 6.45) is 8.61. The van der Waals surface area contributed by atoms with Crippen LogP contribution in [0.4, 0.5) is 0 Å². The molecule has 1 aliphatic rings. The molecule has 1 aromatic heterocycles. The smallest absolute Gasteiger partial charge is 0.234 e. The summed E-state index contributed by atoms with van der Waals surface area (Å²) in [7, 11) is 0. The van der Waals surface area contributed by atoms with Gasteiger partial charge in [0.2, 0.25) is 11.1 Å². The van der Waals surface area contributed by atoms with Gasteiger partial charge in [0.05, 0.1) is 5.25 Å². The van der Waals surface area contributed by atoms with Gasteiger partial charge < -0.3 is 5.32 Å². The topological polar surface area (TPSA) is 70.7 Å². The lowest BCUT2D eigenvalue weighted by molar-refractivity contribution is -0.122. The molecule has 2 N–H and O–H groups in total. The van der Waals surface area contributed by atoms with Gasteiger partial charge in [-0.05, 0) is 25.7 Å². The Kier molecular flexibility index (Phi) is 6.73. The van der Waals surface area contributed by atoms with Crippen LogP contribution in [0.5, 0.6) is 0 Å². The zero-order valence-electron chi connectivity index (χ0n) is 13.9. The molecule has 1 unspecified atom stereocenters. The lowest BCUT2D eigenvalue weighted by Gasteiger charge is -2.25. The Balaban J connectivity index is 1.93. The number of thioether (sulfide) groups is 1. The fourth-order valence-electron chi connectivity index (χ4n) is 2.86. The molecule has 0 saturated heterocycles. The maximum absolute atomic E-state index is 12.7. The number of carbonyl (C=O) groups is 1. The van der Waals surface area contributed by atoms with Crippen LogP contribution < -0.4 is 5.32 Å². The number of carbonyl (C=O) groups excluding carboxylic acids is 1. The SMILES string of the molecule is Cc1nc(SC(C(=O)NC2CCCCCCC2)C(C)C)n[nH]1. The molecule has 1 fully saturated rings. The second-order valence-electron chi connectivity index (χ2n) is 6.54. The molecule has 5 nitrogen and oxygen atoms in total. The summed E-state index contributed by atoms with van der Waals surface area (Å²) in [6, 6.07) is 0.337. The van der Waals surface area contributed by atoms with Crippen LogP contribution in [0.3, 0.4) is 0 Å². The summed E-state index contributed by atoms with van der Waals surface area (Å²) in [5, 5.41) is 10.8. The molecule has 124 valence electrons. The first-order valence-corrected chi connectivity index (χ1v) is 9.30. The fraction of sp³-hybridized carbons (Fsp3) is 0.812. The van der Waals surface area contributed by atoms with Crippen LogP contribution in [0.2, 0.25) is 0 Å². The van der Waals surface area contributed by atoms with Crippen LogP contribution in [-0.4, -0.2) is 32.4 Å². The first-order valence-electron chi connectivity index (χ1n) is 8.42. The first kappa shape index (κ1) is 17.3. The van der Waals surface area contributed by atoms with Crippen LogP contribution in [-0.2, 0) is 4.79 Å². The third kappa shape index (κ3) is 5.30. The van der Waals surface area contributed by atoms with Gasteiger partial charge in [0.25, 0.3) is 0 Å². The number of aromatic nitrogens is 3. The monoisotopic (exact) mass is 324 g/mol. The van der Waals surface area contributed by atoms with E-state index >= 15 is 0 Å². The number of aromatic amines is 1. The van der Waals surface area contributed by atoms with E-state index in [0.29, 0.717) is 11.2 Å². The maximum Gasteiger partial charge on any atom is 0.234 e. The van der Waals surface area contributed by atoms with Gasteiger partial charge in [0.1, 0.15) is 5.82 Å². The van der Waals surface area contributed by atoms with E-state index in [9.17, 15) is 4.79 Å². The number of hydrogen-bond donors (Lipinski definition) is 2. The van der Waals surface area contributed by atoms with Gasteiger partial charge >= 0.3 is 0 Å². The van der Waals surface area contributed by atoms with E-state index in [2.05, 4.69) is 34.3 Å². The van der Waals surface area contributed by atoms with Gasteiger partial charge in [-0.15, -0.1) is 5.10 Å². The molecule has 1 aliphatic carbocycles. The number of nitrogens with zero attached hydrogens (tertiary/aromatic N) is 2.